The molecule has 2 amide bonds. The standard InChI is InChI=1S/C15H21ClN2O2/c1-10-7-12(16)5-6-14(10)18-15(20)17-9-11-3-2-4-13(19)8-11/h5-7,11,13,19H,2-4,8-9H2,1H3,(H2,17,18,20). The van der Waals surface area contributed by atoms with E-state index >= 15 is 0 Å². The van der Waals surface area contributed by atoms with Crippen LogP contribution >= 0.6 is 11.6 Å². The van der Waals surface area contributed by atoms with Gasteiger partial charge in [-0.1, -0.05) is 18.0 Å². The van der Waals surface area contributed by atoms with E-state index in [2.05, 4.69) is 10.6 Å². The smallest absolute Gasteiger partial charge is 0.319 e. The van der Waals surface area contributed by atoms with Crippen LogP contribution in [-0.4, -0.2) is 23.8 Å². The Hall–Kier alpha value is -1.26. The van der Waals surface area contributed by atoms with Crippen molar-refractivity contribution in [2.45, 2.75) is 38.7 Å². The third-order valence-electron chi connectivity index (χ3n) is 3.74. The normalized spacial score (nSPS) is 22.4. The summed E-state index contributed by atoms with van der Waals surface area (Å²) in [6, 6.07) is 5.15. The summed E-state index contributed by atoms with van der Waals surface area (Å²) in [7, 11) is 0. The molecule has 110 valence electrons. The second kappa shape index (κ2) is 6.95. The molecule has 1 aliphatic carbocycles. The highest BCUT2D eigenvalue weighted by molar-refractivity contribution is 6.30. The van der Waals surface area contributed by atoms with Gasteiger partial charge in [0.25, 0.3) is 0 Å². The number of halogens is 1. The van der Waals surface area contributed by atoms with Gasteiger partial charge in [0.05, 0.1) is 6.10 Å². The Morgan fingerprint density at radius 3 is 2.95 bits per heavy atom. The fourth-order valence-electron chi connectivity index (χ4n) is 2.62. The predicted octanol–water partition coefficient (Wildman–Crippen LogP) is 3.32. The van der Waals surface area contributed by atoms with Gasteiger partial charge >= 0.3 is 6.03 Å². The number of aryl methyl sites for hydroxylation is 1. The lowest BCUT2D eigenvalue weighted by molar-refractivity contribution is 0.101. The highest BCUT2D eigenvalue weighted by atomic mass is 35.5. The first kappa shape index (κ1) is 15.1. The van der Waals surface area contributed by atoms with Crippen molar-refractivity contribution in [1.82, 2.24) is 5.32 Å². The molecule has 3 N–H and O–H groups in total. The molecule has 0 heterocycles. The zero-order valence-electron chi connectivity index (χ0n) is 11.7. The zero-order chi connectivity index (χ0) is 14.5. The molecule has 2 rings (SSSR count). The third kappa shape index (κ3) is 4.39. The first-order valence-corrected chi connectivity index (χ1v) is 7.41. The summed E-state index contributed by atoms with van der Waals surface area (Å²) in [5.74, 6) is 0.371. The lowest BCUT2D eigenvalue weighted by Crippen LogP contribution is -2.35. The summed E-state index contributed by atoms with van der Waals surface area (Å²) in [5.41, 5.74) is 1.69. The van der Waals surface area contributed by atoms with Gasteiger partial charge in [-0.05, 0) is 55.9 Å². The van der Waals surface area contributed by atoms with Crippen LogP contribution in [0.5, 0.6) is 0 Å². The van der Waals surface area contributed by atoms with E-state index in [0.717, 1.165) is 36.9 Å². The third-order valence-corrected chi connectivity index (χ3v) is 3.98. The maximum Gasteiger partial charge on any atom is 0.319 e. The summed E-state index contributed by atoms with van der Waals surface area (Å²) < 4.78 is 0. The molecule has 20 heavy (non-hydrogen) atoms. The van der Waals surface area contributed by atoms with Crippen LogP contribution in [0.15, 0.2) is 18.2 Å². The van der Waals surface area contributed by atoms with Crippen LogP contribution in [0, 0.1) is 12.8 Å². The Morgan fingerprint density at radius 2 is 2.25 bits per heavy atom. The maximum absolute atomic E-state index is 11.9. The quantitative estimate of drug-likeness (QED) is 0.801. The molecule has 2 unspecified atom stereocenters. The highest BCUT2D eigenvalue weighted by Gasteiger charge is 2.20. The number of hydrogen-bond acceptors (Lipinski definition) is 2. The van der Waals surface area contributed by atoms with Crippen LogP contribution in [0.2, 0.25) is 5.02 Å². The highest BCUT2D eigenvalue weighted by Crippen LogP contribution is 2.23. The second-order valence-corrected chi connectivity index (χ2v) is 5.92. The molecular formula is C15H21ClN2O2. The monoisotopic (exact) mass is 296 g/mol. The van der Waals surface area contributed by atoms with Gasteiger partial charge < -0.3 is 15.7 Å². The van der Waals surface area contributed by atoms with Gasteiger partial charge in [0, 0.05) is 17.3 Å². The second-order valence-electron chi connectivity index (χ2n) is 5.48. The number of nitrogens with one attached hydrogen (secondary N) is 2. The molecule has 1 aromatic rings. The van der Waals surface area contributed by atoms with Gasteiger partial charge in [-0.3, -0.25) is 0 Å². The van der Waals surface area contributed by atoms with Crippen LogP contribution in [0.25, 0.3) is 0 Å². The number of aliphatic hydroxyl groups excluding tert-OH is 1. The molecule has 1 aromatic carbocycles. The van der Waals surface area contributed by atoms with Crippen molar-refractivity contribution in [2.24, 2.45) is 5.92 Å². The summed E-state index contributed by atoms with van der Waals surface area (Å²) in [5, 5.41) is 15.9. The molecule has 5 heteroatoms. The van der Waals surface area contributed by atoms with Crippen LogP contribution < -0.4 is 10.6 Å². The number of carbonyl (C=O) groups is 1. The minimum atomic E-state index is -0.213. The molecule has 1 aliphatic rings. The van der Waals surface area contributed by atoms with Crippen LogP contribution in [0.3, 0.4) is 0 Å². The molecule has 4 nitrogen and oxygen atoms in total. The van der Waals surface area contributed by atoms with E-state index in [1.165, 1.54) is 0 Å². The Labute approximate surface area is 124 Å². The first-order chi connectivity index (χ1) is 9.54. The number of urea groups is 1. The predicted molar refractivity (Wildman–Crippen MR) is 81.2 cm³/mol. The number of hydrogen-bond donors (Lipinski definition) is 3. The molecular weight excluding hydrogens is 276 g/mol. The van der Waals surface area contributed by atoms with E-state index in [4.69, 9.17) is 11.6 Å². The van der Waals surface area contributed by atoms with Crippen LogP contribution in [0.1, 0.15) is 31.2 Å². The van der Waals surface area contributed by atoms with E-state index in [0.29, 0.717) is 17.5 Å². The van der Waals surface area contributed by atoms with E-state index in [1.54, 1.807) is 12.1 Å². The topological polar surface area (TPSA) is 61.4 Å². The van der Waals surface area contributed by atoms with Gasteiger partial charge in [0.1, 0.15) is 0 Å². The minimum absolute atomic E-state index is 0.211. The molecule has 0 aromatic heterocycles. The summed E-state index contributed by atoms with van der Waals surface area (Å²) in [6.45, 7) is 2.51. The molecule has 0 saturated heterocycles. The van der Waals surface area contributed by atoms with Gasteiger partial charge in [-0.25, -0.2) is 4.79 Å². The van der Waals surface area contributed by atoms with Crippen molar-refractivity contribution in [2.75, 3.05) is 11.9 Å². The molecule has 1 saturated carbocycles. The number of amides is 2. The van der Waals surface area contributed by atoms with Gasteiger partial charge in [-0.15, -0.1) is 0 Å². The fourth-order valence-corrected chi connectivity index (χ4v) is 2.85. The molecule has 0 spiro atoms. The van der Waals surface area contributed by atoms with Crippen molar-refractivity contribution >= 4 is 23.3 Å². The number of carbonyl (C=O) groups excluding carboxylic acids is 1. The average Bonchev–Trinajstić information content (AvgIpc) is 2.40. The Balaban J connectivity index is 1.80. The van der Waals surface area contributed by atoms with Crippen LogP contribution in [0.4, 0.5) is 10.5 Å². The van der Waals surface area contributed by atoms with Crippen molar-refractivity contribution in [3.05, 3.63) is 28.8 Å². The van der Waals surface area contributed by atoms with E-state index < -0.39 is 0 Å². The zero-order valence-corrected chi connectivity index (χ0v) is 12.4. The van der Waals surface area contributed by atoms with E-state index in [-0.39, 0.29) is 12.1 Å². The SMILES string of the molecule is Cc1cc(Cl)ccc1NC(=O)NCC1CCCC(O)C1. The largest absolute Gasteiger partial charge is 0.393 e. The van der Waals surface area contributed by atoms with E-state index in [9.17, 15) is 9.90 Å². The lowest BCUT2D eigenvalue weighted by Gasteiger charge is -2.25. The van der Waals surface area contributed by atoms with Crippen molar-refractivity contribution in [3.63, 3.8) is 0 Å². The lowest BCUT2D eigenvalue weighted by atomic mass is 9.87. The average molecular weight is 297 g/mol. The Morgan fingerprint density at radius 1 is 1.45 bits per heavy atom. The molecule has 2 atom stereocenters. The fraction of sp³-hybridized carbons (Fsp3) is 0.533. The molecule has 0 bridgehead atoms. The van der Waals surface area contributed by atoms with Gasteiger partial charge in [0.2, 0.25) is 0 Å². The maximum atomic E-state index is 11.9. The summed E-state index contributed by atoms with van der Waals surface area (Å²) in [4.78, 5) is 11.9. The van der Waals surface area contributed by atoms with Crippen molar-refractivity contribution in [1.29, 1.82) is 0 Å². The van der Waals surface area contributed by atoms with Crippen molar-refractivity contribution < 1.29 is 9.90 Å². The molecule has 0 aliphatic heterocycles. The van der Waals surface area contributed by atoms with Crippen molar-refractivity contribution in [3.8, 4) is 0 Å². The first-order valence-electron chi connectivity index (χ1n) is 7.03. The minimum Gasteiger partial charge on any atom is -0.393 e. The van der Waals surface area contributed by atoms with Gasteiger partial charge in [-0.2, -0.15) is 0 Å². The van der Waals surface area contributed by atoms with Gasteiger partial charge in [0.15, 0.2) is 0 Å². The Kier molecular flexibility index (Phi) is 5.26. The molecule has 1 fully saturated rings. The number of aliphatic hydroxyl groups is 1. The summed E-state index contributed by atoms with van der Waals surface area (Å²) >= 11 is 5.88. The number of anilines is 1. The Bertz CT molecular complexity index is 479. The van der Waals surface area contributed by atoms with Crippen LogP contribution in [-0.2, 0) is 0 Å². The molecule has 0 radical (unpaired) electrons. The number of benzene rings is 1. The van der Waals surface area contributed by atoms with E-state index in [1.807, 2.05) is 13.0 Å². The summed E-state index contributed by atoms with van der Waals surface area (Å²) in [6.07, 6.45) is 3.55. The number of rotatable bonds is 3.